The molecule has 0 atom stereocenters. The molecule has 126 valence electrons. The van der Waals surface area contributed by atoms with Crippen LogP contribution < -0.4 is 4.90 Å². The first-order chi connectivity index (χ1) is 12.3. The molecule has 0 aliphatic carbocycles. The fraction of sp³-hybridized carbons (Fsp3) is 0.263. The minimum atomic E-state index is 0.721. The maximum Gasteiger partial charge on any atom is 0.209 e. The van der Waals surface area contributed by atoms with E-state index in [1.165, 1.54) is 0 Å². The van der Waals surface area contributed by atoms with Crippen LogP contribution in [0.25, 0.3) is 10.6 Å². The lowest BCUT2D eigenvalue weighted by molar-refractivity contribution is 0.227. The molecule has 0 amide bonds. The summed E-state index contributed by atoms with van der Waals surface area (Å²) in [6, 6.07) is 14.1. The summed E-state index contributed by atoms with van der Waals surface area (Å²) in [6.07, 6.45) is 1.81. The van der Waals surface area contributed by atoms with Crippen LogP contribution in [0.4, 0.5) is 5.69 Å². The lowest BCUT2D eigenvalue weighted by Crippen LogP contribution is -2.46. The molecule has 1 fully saturated rings. The van der Waals surface area contributed by atoms with Crippen molar-refractivity contribution in [3.05, 3.63) is 59.4 Å². The van der Waals surface area contributed by atoms with Crippen molar-refractivity contribution in [1.82, 2.24) is 9.88 Å². The van der Waals surface area contributed by atoms with Crippen LogP contribution >= 0.6 is 11.3 Å². The molecule has 0 radical (unpaired) electrons. The number of nitrogens with zero attached hydrogens (tertiary/aromatic N) is 4. The number of hydrogen-bond donors (Lipinski definition) is 0. The van der Waals surface area contributed by atoms with E-state index in [1.807, 2.05) is 41.8 Å². The van der Waals surface area contributed by atoms with E-state index in [-0.39, 0.29) is 0 Å². The predicted octanol–water partition coefficient (Wildman–Crippen LogP) is 3.60. The number of benzene rings is 1. The topological polar surface area (TPSA) is 56.3 Å². The van der Waals surface area contributed by atoms with Gasteiger partial charge in [-0.1, -0.05) is 18.2 Å². The van der Waals surface area contributed by atoms with Crippen molar-refractivity contribution >= 4 is 17.0 Å². The zero-order chi connectivity index (χ0) is 17.1. The van der Waals surface area contributed by atoms with E-state index in [1.54, 1.807) is 17.5 Å². The van der Waals surface area contributed by atoms with Crippen LogP contribution in [0.3, 0.4) is 0 Å². The Labute approximate surface area is 150 Å². The van der Waals surface area contributed by atoms with E-state index in [2.05, 4.69) is 20.9 Å². The van der Waals surface area contributed by atoms with Crippen molar-refractivity contribution in [2.75, 3.05) is 31.1 Å². The van der Waals surface area contributed by atoms with Crippen molar-refractivity contribution < 1.29 is 4.42 Å². The fourth-order valence-electron chi connectivity index (χ4n) is 3.10. The second-order valence-corrected chi connectivity index (χ2v) is 6.94. The first kappa shape index (κ1) is 15.9. The van der Waals surface area contributed by atoms with Crippen LogP contribution in [0.2, 0.25) is 0 Å². The Morgan fingerprint density at radius 3 is 2.72 bits per heavy atom. The van der Waals surface area contributed by atoms with Crippen molar-refractivity contribution in [3.63, 3.8) is 0 Å². The minimum absolute atomic E-state index is 0.721. The largest absolute Gasteiger partial charge is 0.438 e. The van der Waals surface area contributed by atoms with Gasteiger partial charge >= 0.3 is 0 Å². The van der Waals surface area contributed by atoms with Gasteiger partial charge < -0.3 is 9.32 Å². The Balaban J connectivity index is 1.37. The molecule has 0 bridgehead atoms. The second kappa shape index (κ2) is 7.09. The summed E-state index contributed by atoms with van der Waals surface area (Å²) >= 11 is 1.66. The molecule has 0 N–H and O–H groups in total. The van der Waals surface area contributed by atoms with Gasteiger partial charge in [-0.3, -0.25) is 4.90 Å². The summed E-state index contributed by atoms with van der Waals surface area (Å²) in [4.78, 5) is 10.1. The molecule has 0 spiro atoms. The third kappa shape index (κ3) is 3.43. The molecule has 1 aliphatic heterocycles. The van der Waals surface area contributed by atoms with Gasteiger partial charge in [-0.05, 0) is 23.6 Å². The van der Waals surface area contributed by atoms with Crippen molar-refractivity contribution in [1.29, 1.82) is 5.26 Å². The van der Waals surface area contributed by atoms with Gasteiger partial charge in [0, 0.05) is 26.2 Å². The van der Waals surface area contributed by atoms with Gasteiger partial charge in [0.2, 0.25) is 5.89 Å². The van der Waals surface area contributed by atoms with Crippen molar-refractivity contribution in [2.45, 2.75) is 6.54 Å². The van der Waals surface area contributed by atoms with Crippen LogP contribution in [0.15, 0.2) is 52.4 Å². The van der Waals surface area contributed by atoms with E-state index < -0.39 is 0 Å². The SMILES string of the molecule is N#Cc1ccccc1N1CCN(Cc2ncc(-c3cccs3)o2)CC1. The maximum absolute atomic E-state index is 9.27. The molecule has 25 heavy (non-hydrogen) atoms. The van der Waals surface area contributed by atoms with E-state index >= 15 is 0 Å². The average Bonchev–Trinajstić information content (AvgIpc) is 3.34. The van der Waals surface area contributed by atoms with Crippen LogP contribution in [-0.2, 0) is 6.54 Å². The zero-order valence-electron chi connectivity index (χ0n) is 13.8. The quantitative estimate of drug-likeness (QED) is 0.720. The minimum Gasteiger partial charge on any atom is -0.438 e. The van der Waals surface area contributed by atoms with Crippen molar-refractivity contribution in [2.24, 2.45) is 0 Å². The number of hydrogen-bond acceptors (Lipinski definition) is 6. The number of thiophene rings is 1. The highest BCUT2D eigenvalue weighted by molar-refractivity contribution is 7.13. The lowest BCUT2D eigenvalue weighted by atomic mass is 10.1. The number of aromatic nitrogens is 1. The molecule has 2 aromatic heterocycles. The first-order valence-corrected chi connectivity index (χ1v) is 9.16. The number of anilines is 1. The molecule has 0 unspecified atom stereocenters. The van der Waals surface area contributed by atoms with E-state index in [9.17, 15) is 5.26 Å². The summed E-state index contributed by atoms with van der Waals surface area (Å²) in [6.45, 7) is 4.38. The number of nitriles is 1. The van der Waals surface area contributed by atoms with Gasteiger partial charge in [0.25, 0.3) is 0 Å². The highest BCUT2D eigenvalue weighted by Crippen LogP contribution is 2.26. The fourth-order valence-corrected chi connectivity index (χ4v) is 3.77. The molecular formula is C19H18N4OS. The number of piperazine rings is 1. The number of rotatable bonds is 4. The monoisotopic (exact) mass is 350 g/mol. The van der Waals surface area contributed by atoms with E-state index in [4.69, 9.17) is 4.42 Å². The highest BCUT2D eigenvalue weighted by atomic mass is 32.1. The zero-order valence-corrected chi connectivity index (χ0v) is 14.6. The van der Waals surface area contributed by atoms with Gasteiger partial charge in [0.05, 0.1) is 28.9 Å². The van der Waals surface area contributed by atoms with Crippen molar-refractivity contribution in [3.8, 4) is 16.7 Å². The van der Waals surface area contributed by atoms with Crippen LogP contribution in [0.1, 0.15) is 11.5 Å². The van der Waals surface area contributed by atoms with Gasteiger partial charge in [0.15, 0.2) is 5.76 Å². The Kier molecular flexibility index (Phi) is 4.51. The van der Waals surface area contributed by atoms with Gasteiger partial charge in [0.1, 0.15) is 6.07 Å². The summed E-state index contributed by atoms with van der Waals surface area (Å²) < 4.78 is 5.88. The first-order valence-electron chi connectivity index (χ1n) is 8.28. The van der Waals surface area contributed by atoms with Gasteiger partial charge in [-0.2, -0.15) is 5.26 Å². The van der Waals surface area contributed by atoms with Gasteiger partial charge in [-0.15, -0.1) is 11.3 Å². The number of para-hydroxylation sites is 1. The van der Waals surface area contributed by atoms with Crippen LogP contribution in [0.5, 0.6) is 0 Å². The third-order valence-corrected chi connectivity index (χ3v) is 5.30. The van der Waals surface area contributed by atoms with Crippen LogP contribution in [-0.4, -0.2) is 36.1 Å². The highest BCUT2D eigenvalue weighted by Gasteiger charge is 2.20. The Hall–Kier alpha value is -2.62. The molecular weight excluding hydrogens is 332 g/mol. The Morgan fingerprint density at radius 1 is 1.12 bits per heavy atom. The molecule has 5 nitrogen and oxygen atoms in total. The molecule has 1 aliphatic rings. The summed E-state index contributed by atoms with van der Waals surface area (Å²) in [5.74, 6) is 1.60. The van der Waals surface area contributed by atoms with Gasteiger partial charge in [-0.25, -0.2) is 4.98 Å². The molecule has 3 aromatic rings. The summed E-state index contributed by atoms with van der Waals surface area (Å²) in [7, 11) is 0. The smallest absolute Gasteiger partial charge is 0.209 e. The molecule has 6 heteroatoms. The Morgan fingerprint density at radius 2 is 1.96 bits per heavy atom. The normalized spacial score (nSPS) is 15.2. The standard InChI is InChI=1S/C19H18N4OS/c20-12-15-4-1-2-5-16(15)23-9-7-22(8-10-23)14-19-21-13-17(24-19)18-6-3-11-25-18/h1-6,11,13H,7-10,14H2. The molecule has 4 rings (SSSR count). The maximum atomic E-state index is 9.27. The summed E-state index contributed by atoms with van der Waals surface area (Å²) in [5, 5.41) is 11.3. The van der Waals surface area contributed by atoms with E-state index in [0.29, 0.717) is 0 Å². The van der Waals surface area contributed by atoms with Crippen LogP contribution in [0, 0.1) is 11.3 Å². The average molecular weight is 350 g/mol. The third-order valence-electron chi connectivity index (χ3n) is 4.41. The molecule has 1 aromatic carbocycles. The second-order valence-electron chi connectivity index (χ2n) is 5.99. The predicted molar refractivity (Wildman–Crippen MR) is 98.5 cm³/mol. The molecule has 3 heterocycles. The van der Waals surface area contributed by atoms with E-state index in [0.717, 1.165) is 60.5 Å². The number of oxazole rings is 1. The molecule has 0 saturated carbocycles. The molecule has 1 saturated heterocycles. The summed E-state index contributed by atoms with van der Waals surface area (Å²) in [5.41, 5.74) is 1.77. The lowest BCUT2D eigenvalue weighted by Gasteiger charge is -2.35. The Bertz CT molecular complexity index is 873.